The topological polar surface area (TPSA) is 191 Å². The molecule has 5 rings (SSSR count). The van der Waals surface area contributed by atoms with E-state index in [-0.39, 0.29) is 41.5 Å². The molecule has 0 radical (unpaired) electrons. The van der Waals surface area contributed by atoms with Gasteiger partial charge in [-0.3, -0.25) is 14.4 Å². The summed E-state index contributed by atoms with van der Waals surface area (Å²) < 4.78 is 12.0. The molecule has 0 unspecified atom stereocenters. The van der Waals surface area contributed by atoms with Gasteiger partial charge in [-0.05, 0) is 49.8 Å². The Kier molecular flexibility index (Phi) is 6.65. The van der Waals surface area contributed by atoms with Gasteiger partial charge < -0.3 is 40.1 Å². The second-order valence-electron chi connectivity index (χ2n) is 10.5. The van der Waals surface area contributed by atoms with Crippen molar-refractivity contribution in [3.05, 3.63) is 47.0 Å². The number of aliphatic hydroxyl groups is 4. The minimum Gasteiger partial charge on any atom is -0.507 e. The Morgan fingerprint density at radius 2 is 1.92 bits per heavy atom. The van der Waals surface area contributed by atoms with Crippen LogP contribution in [-0.4, -0.2) is 90.4 Å². The summed E-state index contributed by atoms with van der Waals surface area (Å²) in [7, 11) is 0. The fourth-order valence-corrected chi connectivity index (χ4v) is 6.15. The third-order valence-electron chi connectivity index (χ3n) is 8.35. The fraction of sp³-hybridized carbons (Fsp3) is 0.464. The molecule has 2 aromatic carbocycles. The Bertz CT molecular complexity index is 1410. The van der Waals surface area contributed by atoms with Crippen LogP contribution in [-0.2, 0) is 25.5 Å². The summed E-state index contributed by atoms with van der Waals surface area (Å²) >= 11 is 0. The van der Waals surface area contributed by atoms with Gasteiger partial charge in [0.15, 0.2) is 29.1 Å². The van der Waals surface area contributed by atoms with Crippen molar-refractivity contribution in [2.75, 3.05) is 6.61 Å². The number of fused-ring (bicyclic) bond motifs is 3. The molecule has 0 amide bonds. The summed E-state index contributed by atoms with van der Waals surface area (Å²) in [5.74, 6) is -4.12. The monoisotopic (exact) mass is 542 g/mol. The highest BCUT2D eigenvalue weighted by Crippen LogP contribution is 2.50. The van der Waals surface area contributed by atoms with E-state index in [9.17, 15) is 45.0 Å². The number of hydrogen-bond acceptors (Lipinski definition) is 11. The number of rotatable bonds is 5. The molecule has 1 heterocycles. The van der Waals surface area contributed by atoms with Crippen molar-refractivity contribution in [1.82, 2.24) is 0 Å². The number of ketones is 3. The fourth-order valence-electron chi connectivity index (χ4n) is 6.15. The van der Waals surface area contributed by atoms with Crippen LogP contribution < -0.4 is 0 Å². The highest BCUT2D eigenvalue weighted by Gasteiger charge is 2.60. The number of phenols is 2. The van der Waals surface area contributed by atoms with Gasteiger partial charge in [-0.15, -0.1) is 0 Å². The molecule has 2 aromatic rings. The lowest BCUT2D eigenvalue weighted by atomic mass is 9.63. The first-order valence-corrected chi connectivity index (χ1v) is 12.7. The standard InChI is InChI=1S/C28H30O11/c1-12(30)16-10-28(39-20-6-7-27(37,13(2)38-20)19(32)11-29)17(24(34)23(16)33)9-15-8-14-4-3-5-18(31)21(14)25(35)22(15)26(28)36/h3-5,8,10,13,17,20,23-24,29,31,33-35,37H,6-7,9,11H2,1-2H3/t13-,17+,20+,23+,24-,27-,28+/m1/s1. The van der Waals surface area contributed by atoms with Crippen LogP contribution in [0, 0.1) is 5.92 Å². The van der Waals surface area contributed by atoms with Crippen LogP contribution in [0.15, 0.2) is 35.9 Å². The summed E-state index contributed by atoms with van der Waals surface area (Å²) in [6.07, 6.45) is -4.70. The van der Waals surface area contributed by atoms with E-state index in [1.54, 1.807) is 18.2 Å². The highest BCUT2D eigenvalue weighted by molar-refractivity contribution is 6.14. The number of carbonyl (C=O) groups is 3. The predicted molar refractivity (Wildman–Crippen MR) is 134 cm³/mol. The second kappa shape index (κ2) is 9.47. The van der Waals surface area contributed by atoms with Crippen molar-refractivity contribution in [2.24, 2.45) is 5.92 Å². The summed E-state index contributed by atoms with van der Waals surface area (Å²) in [5, 5.41) is 64.0. The molecule has 3 aliphatic rings. The molecule has 208 valence electrons. The van der Waals surface area contributed by atoms with Gasteiger partial charge in [0.05, 0.1) is 23.2 Å². The van der Waals surface area contributed by atoms with Crippen molar-refractivity contribution in [1.29, 1.82) is 0 Å². The Morgan fingerprint density at radius 3 is 2.56 bits per heavy atom. The number of aliphatic hydroxyl groups excluding tert-OH is 3. The Labute approximate surface area is 222 Å². The van der Waals surface area contributed by atoms with E-state index in [2.05, 4.69) is 0 Å². The van der Waals surface area contributed by atoms with Gasteiger partial charge in [0.25, 0.3) is 0 Å². The summed E-state index contributed by atoms with van der Waals surface area (Å²) in [6, 6.07) is 6.18. The molecule has 11 nitrogen and oxygen atoms in total. The number of Topliss-reactive ketones (excluding diaryl/α,β-unsaturated/α-hetero) is 3. The Balaban J connectivity index is 1.65. The zero-order valence-electron chi connectivity index (χ0n) is 21.3. The number of benzene rings is 2. The minimum absolute atomic E-state index is 0.0421. The van der Waals surface area contributed by atoms with E-state index < -0.39 is 71.4 Å². The molecule has 0 saturated carbocycles. The quantitative estimate of drug-likeness (QED) is 0.307. The van der Waals surface area contributed by atoms with Crippen molar-refractivity contribution >= 4 is 28.1 Å². The summed E-state index contributed by atoms with van der Waals surface area (Å²) in [5.41, 5.74) is -4.13. The van der Waals surface area contributed by atoms with Gasteiger partial charge >= 0.3 is 0 Å². The van der Waals surface area contributed by atoms with Crippen LogP contribution in [0.2, 0.25) is 0 Å². The molecule has 6 N–H and O–H groups in total. The van der Waals surface area contributed by atoms with E-state index in [0.717, 1.165) is 6.08 Å². The number of carbonyl (C=O) groups excluding carboxylic acids is 3. The van der Waals surface area contributed by atoms with Crippen LogP contribution in [0.1, 0.15) is 42.6 Å². The number of ether oxygens (including phenoxy) is 2. The van der Waals surface area contributed by atoms with Gasteiger partial charge in [-0.1, -0.05) is 18.2 Å². The van der Waals surface area contributed by atoms with Crippen LogP contribution >= 0.6 is 0 Å². The lowest BCUT2D eigenvalue weighted by Crippen LogP contribution is -2.63. The SMILES string of the molecule is CC(=O)C1=C[C@@]2(O[C@H]3CC[C@](O)(C(=O)CO)[C@@H](C)O3)C(=O)c3c(cc4cccc(O)c4c3O)C[C@H]2[C@@H](O)[C@H]1O. The molecule has 1 aliphatic heterocycles. The van der Waals surface area contributed by atoms with E-state index in [0.29, 0.717) is 10.9 Å². The minimum atomic E-state index is -2.08. The third kappa shape index (κ3) is 4.00. The molecule has 0 bridgehead atoms. The lowest BCUT2D eigenvalue weighted by Gasteiger charge is -2.50. The zero-order chi connectivity index (χ0) is 28.4. The van der Waals surface area contributed by atoms with E-state index >= 15 is 0 Å². The average molecular weight is 543 g/mol. The van der Waals surface area contributed by atoms with Gasteiger partial charge in [0.1, 0.15) is 24.2 Å². The Morgan fingerprint density at radius 1 is 1.21 bits per heavy atom. The smallest absolute Gasteiger partial charge is 0.203 e. The third-order valence-corrected chi connectivity index (χ3v) is 8.35. The van der Waals surface area contributed by atoms with Crippen molar-refractivity contribution in [3.63, 3.8) is 0 Å². The van der Waals surface area contributed by atoms with Gasteiger partial charge in [0.2, 0.25) is 5.78 Å². The van der Waals surface area contributed by atoms with Gasteiger partial charge in [-0.25, -0.2) is 0 Å². The van der Waals surface area contributed by atoms with Crippen molar-refractivity contribution in [3.8, 4) is 11.5 Å². The molecule has 1 saturated heterocycles. The van der Waals surface area contributed by atoms with E-state index in [4.69, 9.17) is 9.47 Å². The van der Waals surface area contributed by atoms with E-state index in [1.165, 1.54) is 19.9 Å². The summed E-state index contributed by atoms with van der Waals surface area (Å²) in [4.78, 5) is 38.9. The van der Waals surface area contributed by atoms with Crippen molar-refractivity contribution in [2.45, 2.75) is 68.9 Å². The van der Waals surface area contributed by atoms with Crippen LogP contribution in [0.5, 0.6) is 11.5 Å². The largest absolute Gasteiger partial charge is 0.507 e. The van der Waals surface area contributed by atoms with Crippen LogP contribution in [0.25, 0.3) is 10.8 Å². The molecule has 1 fully saturated rings. The first-order chi connectivity index (χ1) is 18.4. The molecular weight excluding hydrogens is 512 g/mol. The second-order valence-corrected chi connectivity index (χ2v) is 10.5. The van der Waals surface area contributed by atoms with Gasteiger partial charge in [0, 0.05) is 17.9 Å². The highest BCUT2D eigenvalue weighted by atomic mass is 16.7. The zero-order valence-corrected chi connectivity index (χ0v) is 21.3. The van der Waals surface area contributed by atoms with Crippen molar-refractivity contribution < 1.29 is 54.5 Å². The lowest BCUT2D eigenvalue weighted by molar-refractivity contribution is -0.273. The Hall–Kier alpha value is -3.19. The molecule has 2 aliphatic carbocycles. The normalized spacial score (nSPS) is 34.3. The maximum absolute atomic E-state index is 14.3. The maximum atomic E-state index is 14.3. The number of hydrogen-bond donors (Lipinski definition) is 6. The number of phenolic OH excluding ortho intramolecular Hbond substituents is 2. The average Bonchev–Trinajstić information content (AvgIpc) is 2.89. The molecule has 7 atom stereocenters. The maximum Gasteiger partial charge on any atom is 0.203 e. The molecular formula is C28H30O11. The molecule has 39 heavy (non-hydrogen) atoms. The van der Waals surface area contributed by atoms with Crippen LogP contribution in [0.3, 0.4) is 0 Å². The first kappa shape index (κ1) is 27.4. The first-order valence-electron chi connectivity index (χ1n) is 12.7. The summed E-state index contributed by atoms with van der Waals surface area (Å²) in [6.45, 7) is 1.68. The van der Waals surface area contributed by atoms with Crippen LogP contribution in [0.4, 0.5) is 0 Å². The van der Waals surface area contributed by atoms with Gasteiger partial charge in [-0.2, -0.15) is 0 Å². The predicted octanol–water partition coefficient (Wildman–Crippen LogP) is 0.430. The number of aromatic hydroxyl groups is 2. The molecule has 0 aromatic heterocycles. The molecule has 11 heteroatoms. The molecule has 0 spiro atoms. The van der Waals surface area contributed by atoms with E-state index in [1.807, 2.05) is 0 Å².